The third-order valence-electron chi connectivity index (χ3n) is 6.78. The fraction of sp³-hybridized carbons (Fsp3) is 0.125. The van der Waals surface area contributed by atoms with Gasteiger partial charge in [0.25, 0.3) is 5.78 Å². The summed E-state index contributed by atoms with van der Waals surface area (Å²) in [6.45, 7) is 2.41. The second-order valence-corrected chi connectivity index (χ2v) is 12.9. The zero-order chi connectivity index (χ0) is 29.9. The van der Waals surface area contributed by atoms with Crippen LogP contribution in [-0.4, -0.2) is 27.0 Å². The van der Waals surface area contributed by atoms with Crippen molar-refractivity contribution in [2.24, 2.45) is 0 Å². The van der Waals surface area contributed by atoms with Gasteiger partial charge in [0.15, 0.2) is 4.34 Å². The molecule has 0 spiro atoms. The Kier molecular flexibility index (Phi) is 8.37. The van der Waals surface area contributed by atoms with Gasteiger partial charge in [0.05, 0.1) is 5.57 Å². The van der Waals surface area contributed by atoms with Gasteiger partial charge in [-0.1, -0.05) is 77.2 Å². The van der Waals surface area contributed by atoms with E-state index in [4.69, 9.17) is 4.74 Å². The van der Waals surface area contributed by atoms with Crippen molar-refractivity contribution in [2.75, 3.05) is 4.90 Å². The molecule has 1 aliphatic rings. The average Bonchev–Trinajstić information content (AvgIpc) is 3.76. The number of amides is 1. The first kappa shape index (κ1) is 28.8. The molecule has 0 saturated carbocycles. The van der Waals surface area contributed by atoms with Gasteiger partial charge in [-0.05, 0) is 59.8 Å². The van der Waals surface area contributed by atoms with Gasteiger partial charge in [0.2, 0.25) is 5.13 Å². The molecule has 1 amide bonds. The standard InChI is InChI=1S/C32H24FN3O4S3/c1-19-6-4-7-20(16-19)17-40-23-13-11-21(12-14-23)28(37)26-27(25-10-5-15-41-25)36(30(39)29(26)38)31-34-35-32(43-31)42-18-22-8-2-3-9-24(22)33/h2-16,27,37H,17-18H2,1H3/t27-/m1/s1. The number of carbonyl (C=O) groups excluding carboxylic acids is 2. The number of benzene rings is 3. The summed E-state index contributed by atoms with van der Waals surface area (Å²) in [4.78, 5) is 28.8. The lowest BCUT2D eigenvalue weighted by Crippen LogP contribution is -2.29. The van der Waals surface area contributed by atoms with Crippen LogP contribution in [0.2, 0.25) is 0 Å². The molecule has 216 valence electrons. The number of nitrogens with zero attached hydrogens (tertiary/aromatic N) is 3. The Bertz CT molecular complexity index is 1820. The topological polar surface area (TPSA) is 92.6 Å². The van der Waals surface area contributed by atoms with E-state index in [1.165, 1.54) is 34.1 Å². The minimum Gasteiger partial charge on any atom is -0.507 e. The zero-order valence-electron chi connectivity index (χ0n) is 22.8. The van der Waals surface area contributed by atoms with Crippen LogP contribution in [0.25, 0.3) is 5.76 Å². The predicted octanol–water partition coefficient (Wildman–Crippen LogP) is 7.54. The number of rotatable bonds is 9. The van der Waals surface area contributed by atoms with Crippen LogP contribution in [-0.2, 0) is 21.9 Å². The monoisotopic (exact) mass is 629 g/mol. The second-order valence-electron chi connectivity index (χ2n) is 9.72. The van der Waals surface area contributed by atoms with Gasteiger partial charge in [0.1, 0.15) is 30.0 Å². The molecule has 3 heterocycles. The van der Waals surface area contributed by atoms with Crippen LogP contribution in [0.3, 0.4) is 0 Å². The highest BCUT2D eigenvalue weighted by atomic mass is 32.2. The molecule has 0 aliphatic carbocycles. The van der Waals surface area contributed by atoms with Crippen LogP contribution in [0.4, 0.5) is 9.52 Å². The molecule has 7 nitrogen and oxygen atoms in total. The first-order chi connectivity index (χ1) is 20.9. The van der Waals surface area contributed by atoms with Crippen molar-refractivity contribution < 1.29 is 23.8 Å². The summed E-state index contributed by atoms with van der Waals surface area (Å²) in [5.41, 5.74) is 3.05. The van der Waals surface area contributed by atoms with E-state index in [-0.39, 0.29) is 22.3 Å². The van der Waals surface area contributed by atoms with Crippen LogP contribution in [0.15, 0.2) is 100 Å². The van der Waals surface area contributed by atoms with Gasteiger partial charge >= 0.3 is 5.91 Å². The number of aromatic nitrogens is 2. The number of halogens is 1. The van der Waals surface area contributed by atoms with E-state index in [9.17, 15) is 19.1 Å². The number of Topliss-reactive ketones (excluding diaryl/α,β-unsaturated/α-hetero) is 1. The molecule has 3 aromatic carbocycles. The number of aliphatic hydroxyl groups is 1. The van der Waals surface area contributed by atoms with E-state index in [0.717, 1.165) is 22.5 Å². The Morgan fingerprint density at radius 2 is 1.84 bits per heavy atom. The second kappa shape index (κ2) is 12.5. The van der Waals surface area contributed by atoms with Gasteiger partial charge in [-0.15, -0.1) is 21.5 Å². The van der Waals surface area contributed by atoms with Crippen LogP contribution >= 0.6 is 34.4 Å². The predicted molar refractivity (Wildman–Crippen MR) is 167 cm³/mol. The summed E-state index contributed by atoms with van der Waals surface area (Å²) in [6, 6.07) is 24.0. The molecule has 11 heteroatoms. The minimum absolute atomic E-state index is 0.0309. The third kappa shape index (κ3) is 6.10. The number of aliphatic hydroxyl groups excluding tert-OH is 1. The van der Waals surface area contributed by atoms with Crippen molar-refractivity contribution >= 4 is 57.0 Å². The van der Waals surface area contributed by atoms with Crippen LogP contribution in [0.5, 0.6) is 5.75 Å². The molecule has 0 bridgehead atoms. The number of thiophene rings is 1. The molecule has 0 unspecified atom stereocenters. The first-order valence-corrected chi connectivity index (χ1v) is 15.9. The molecule has 1 saturated heterocycles. The van der Waals surface area contributed by atoms with E-state index in [0.29, 0.717) is 38.5 Å². The van der Waals surface area contributed by atoms with E-state index in [2.05, 4.69) is 10.2 Å². The maximum absolute atomic E-state index is 14.1. The molecule has 2 aromatic heterocycles. The Morgan fingerprint density at radius 3 is 2.58 bits per heavy atom. The number of hydrogen-bond acceptors (Lipinski definition) is 9. The lowest BCUT2D eigenvalue weighted by molar-refractivity contribution is -0.132. The van der Waals surface area contributed by atoms with Gasteiger partial charge in [-0.25, -0.2) is 4.39 Å². The Balaban J connectivity index is 1.26. The number of thioether (sulfide) groups is 1. The molecule has 1 fully saturated rings. The van der Waals surface area contributed by atoms with E-state index >= 15 is 0 Å². The highest BCUT2D eigenvalue weighted by molar-refractivity contribution is 8.00. The SMILES string of the molecule is Cc1cccc(COc2ccc(C(O)=C3C(=O)C(=O)N(c4nnc(SCc5ccccc5F)s4)[C@@H]3c3cccs3)cc2)c1. The van der Waals surface area contributed by atoms with Crippen LogP contribution in [0.1, 0.15) is 33.2 Å². The molecular formula is C32H24FN3O4S3. The summed E-state index contributed by atoms with van der Waals surface area (Å²) in [6.07, 6.45) is 0. The largest absolute Gasteiger partial charge is 0.507 e. The van der Waals surface area contributed by atoms with E-state index < -0.39 is 17.7 Å². The highest BCUT2D eigenvalue weighted by Crippen LogP contribution is 2.45. The number of anilines is 1. The van der Waals surface area contributed by atoms with E-state index in [1.807, 2.05) is 42.6 Å². The summed E-state index contributed by atoms with van der Waals surface area (Å²) >= 11 is 3.78. The number of hydrogen-bond donors (Lipinski definition) is 1. The van der Waals surface area contributed by atoms with Crippen molar-refractivity contribution in [3.05, 3.63) is 129 Å². The Morgan fingerprint density at radius 1 is 1.02 bits per heavy atom. The fourth-order valence-corrected chi connectivity index (χ4v) is 7.37. The quantitative estimate of drug-likeness (QED) is 0.0592. The smallest absolute Gasteiger partial charge is 0.301 e. The molecule has 43 heavy (non-hydrogen) atoms. The fourth-order valence-electron chi connectivity index (χ4n) is 4.69. The molecular weight excluding hydrogens is 606 g/mol. The number of ketones is 1. The van der Waals surface area contributed by atoms with Crippen molar-refractivity contribution in [1.29, 1.82) is 0 Å². The Labute approximate surface area is 259 Å². The molecule has 1 atom stereocenters. The third-order valence-corrected chi connectivity index (χ3v) is 9.81. The summed E-state index contributed by atoms with van der Waals surface area (Å²) in [5.74, 6) is -1.29. The zero-order valence-corrected chi connectivity index (χ0v) is 25.2. The number of aryl methyl sites for hydroxylation is 1. The van der Waals surface area contributed by atoms with Crippen LogP contribution < -0.4 is 9.64 Å². The molecule has 1 aliphatic heterocycles. The van der Waals surface area contributed by atoms with Gasteiger partial charge < -0.3 is 9.84 Å². The van der Waals surface area contributed by atoms with Crippen molar-refractivity contribution in [3.63, 3.8) is 0 Å². The molecule has 1 N–H and O–H groups in total. The summed E-state index contributed by atoms with van der Waals surface area (Å²) in [7, 11) is 0. The maximum Gasteiger partial charge on any atom is 0.301 e. The summed E-state index contributed by atoms with van der Waals surface area (Å²) in [5, 5.41) is 21.8. The Hall–Kier alpha value is -4.32. The minimum atomic E-state index is -0.880. The average molecular weight is 630 g/mol. The van der Waals surface area contributed by atoms with Crippen molar-refractivity contribution in [3.8, 4) is 5.75 Å². The normalized spacial score (nSPS) is 16.1. The molecule has 5 aromatic rings. The maximum atomic E-state index is 14.1. The molecule has 0 radical (unpaired) electrons. The van der Waals surface area contributed by atoms with E-state index in [1.54, 1.807) is 48.5 Å². The van der Waals surface area contributed by atoms with Crippen molar-refractivity contribution in [1.82, 2.24) is 10.2 Å². The first-order valence-electron chi connectivity index (χ1n) is 13.2. The highest BCUT2D eigenvalue weighted by Gasteiger charge is 2.48. The van der Waals surface area contributed by atoms with Gasteiger partial charge in [-0.3, -0.25) is 14.5 Å². The van der Waals surface area contributed by atoms with Crippen molar-refractivity contribution in [2.45, 2.75) is 29.7 Å². The molecule has 6 rings (SSSR count). The number of ether oxygens (including phenoxy) is 1. The van der Waals surface area contributed by atoms with Gasteiger partial charge in [0, 0.05) is 16.2 Å². The van der Waals surface area contributed by atoms with Crippen LogP contribution in [0, 0.1) is 12.7 Å². The lowest BCUT2D eigenvalue weighted by Gasteiger charge is -2.20. The summed E-state index contributed by atoms with van der Waals surface area (Å²) < 4.78 is 20.5. The number of carbonyl (C=O) groups is 2. The van der Waals surface area contributed by atoms with Gasteiger partial charge in [-0.2, -0.15) is 0 Å². The lowest BCUT2D eigenvalue weighted by atomic mass is 10.00.